The van der Waals surface area contributed by atoms with Crippen LogP contribution in [0.5, 0.6) is 5.75 Å². The van der Waals surface area contributed by atoms with Crippen molar-refractivity contribution in [1.82, 2.24) is 5.32 Å². The molecular formula is C23H27NO5. The molecule has 2 aromatic rings. The van der Waals surface area contributed by atoms with Gasteiger partial charge in [-0.15, -0.1) is 0 Å². The Bertz CT molecular complexity index is 785. The Kier molecular flexibility index (Phi) is 7.64. The van der Waals surface area contributed by atoms with Crippen LogP contribution in [0.15, 0.2) is 54.6 Å². The van der Waals surface area contributed by atoms with E-state index in [1.54, 1.807) is 31.2 Å². The number of carbonyl (C=O) groups excluding carboxylic acids is 2. The van der Waals surface area contributed by atoms with Crippen molar-refractivity contribution in [1.29, 1.82) is 0 Å². The van der Waals surface area contributed by atoms with Gasteiger partial charge in [-0.2, -0.15) is 0 Å². The normalized spacial score (nSPS) is 16.8. The summed E-state index contributed by atoms with van der Waals surface area (Å²) in [5, 5.41) is 2.79. The Morgan fingerprint density at radius 3 is 2.59 bits per heavy atom. The summed E-state index contributed by atoms with van der Waals surface area (Å²) in [6, 6.07) is 16.6. The maximum atomic E-state index is 12.3. The number of nitrogens with one attached hydrogen (secondary N) is 1. The molecule has 1 N–H and O–H groups in total. The number of hydrogen-bond donors (Lipinski definition) is 1. The lowest BCUT2D eigenvalue weighted by Gasteiger charge is -2.14. The third kappa shape index (κ3) is 6.61. The SMILES string of the molecule is C[C@@H](OC(=O)c1ccc(OC[C@@H]2CCCO2)cc1)C(=O)NCCc1ccccc1. The maximum absolute atomic E-state index is 12.3. The fourth-order valence-corrected chi connectivity index (χ4v) is 3.05. The van der Waals surface area contributed by atoms with Crippen LogP contribution in [-0.2, 0) is 20.7 Å². The molecule has 1 aliphatic rings. The van der Waals surface area contributed by atoms with Crippen LogP contribution in [0.1, 0.15) is 35.7 Å². The smallest absolute Gasteiger partial charge is 0.338 e. The molecule has 1 heterocycles. The summed E-state index contributed by atoms with van der Waals surface area (Å²) in [5.41, 5.74) is 1.51. The van der Waals surface area contributed by atoms with E-state index in [2.05, 4.69) is 5.32 Å². The summed E-state index contributed by atoms with van der Waals surface area (Å²) in [6.45, 7) is 3.34. The largest absolute Gasteiger partial charge is 0.491 e. The third-order valence-electron chi connectivity index (χ3n) is 4.76. The van der Waals surface area contributed by atoms with E-state index in [1.807, 2.05) is 30.3 Å². The quantitative estimate of drug-likeness (QED) is 0.658. The molecule has 2 atom stereocenters. The Hall–Kier alpha value is -2.86. The van der Waals surface area contributed by atoms with E-state index in [1.165, 1.54) is 0 Å². The van der Waals surface area contributed by atoms with Gasteiger partial charge in [-0.05, 0) is 56.0 Å². The summed E-state index contributed by atoms with van der Waals surface area (Å²) in [6.07, 6.45) is 2.07. The monoisotopic (exact) mass is 397 g/mol. The van der Waals surface area contributed by atoms with Gasteiger partial charge in [0.05, 0.1) is 11.7 Å². The zero-order valence-electron chi connectivity index (χ0n) is 16.6. The van der Waals surface area contributed by atoms with E-state index in [4.69, 9.17) is 14.2 Å². The van der Waals surface area contributed by atoms with Gasteiger partial charge < -0.3 is 19.5 Å². The van der Waals surface area contributed by atoms with Crippen molar-refractivity contribution in [3.05, 3.63) is 65.7 Å². The van der Waals surface area contributed by atoms with Crippen LogP contribution in [0.3, 0.4) is 0 Å². The third-order valence-corrected chi connectivity index (χ3v) is 4.76. The van der Waals surface area contributed by atoms with Crippen molar-refractivity contribution in [2.75, 3.05) is 19.8 Å². The molecule has 1 fully saturated rings. The van der Waals surface area contributed by atoms with Gasteiger partial charge in [0.25, 0.3) is 5.91 Å². The van der Waals surface area contributed by atoms with Gasteiger partial charge in [0.1, 0.15) is 12.4 Å². The fourth-order valence-electron chi connectivity index (χ4n) is 3.05. The molecule has 1 aliphatic heterocycles. The molecule has 0 radical (unpaired) electrons. The van der Waals surface area contributed by atoms with Gasteiger partial charge in [-0.3, -0.25) is 4.79 Å². The molecule has 0 aliphatic carbocycles. The highest BCUT2D eigenvalue weighted by atomic mass is 16.5. The Labute approximate surface area is 171 Å². The molecule has 154 valence electrons. The fraction of sp³-hybridized carbons (Fsp3) is 0.391. The van der Waals surface area contributed by atoms with Crippen LogP contribution in [0, 0.1) is 0 Å². The van der Waals surface area contributed by atoms with Gasteiger partial charge in [-0.25, -0.2) is 4.79 Å². The zero-order valence-corrected chi connectivity index (χ0v) is 16.6. The molecule has 0 bridgehead atoms. The van der Waals surface area contributed by atoms with Crippen molar-refractivity contribution >= 4 is 11.9 Å². The molecule has 0 spiro atoms. The Morgan fingerprint density at radius 1 is 1.14 bits per heavy atom. The van der Waals surface area contributed by atoms with Gasteiger partial charge in [-0.1, -0.05) is 30.3 Å². The molecule has 29 heavy (non-hydrogen) atoms. The lowest BCUT2D eigenvalue weighted by Crippen LogP contribution is -2.36. The summed E-state index contributed by atoms with van der Waals surface area (Å²) in [5.74, 6) is -0.184. The summed E-state index contributed by atoms with van der Waals surface area (Å²) < 4.78 is 16.5. The van der Waals surface area contributed by atoms with Gasteiger partial charge in [0.2, 0.25) is 0 Å². The first-order chi connectivity index (χ1) is 14.1. The topological polar surface area (TPSA) is 73.9 Å². The average Bonchev–Trinajstić information content (AvgIpc) is 3.27. The standard InChI is InChI=1S/C23H27NO5/c1-17(22(25)24-14-13-18-6-3-2-4-7-18)29-23(26)19-9-11-20(12-10-19)28-16-21-8-5-15-27-21/h2-4,6-7,9-12,17,21H,5,8,13-16H2,1H3,(H,24,25)/t17-,21+/m1/s1. The molecule has 3 rings (SSSR count). The number of hydrogen-bond acceptors (Lipinski definition) is 5. The lowest BCUT2D eigenvalue weighted by atomic mass is 10.1. The minimum Gasteiger partial charge on any atom is -0.491 e. The molecule has 0 aromatic heterocycles. The van der Waals surface area contributed by atoms with Gasteiger partial charge >= 0.3 is 5.97 Å². The van der Waals surface area contributed by atoms with Crippen molar-refractivity contribution < 1.29 is 23.8 Å². The molecule has 0 unspecified atom stereocenters. The second-order valence-electron chi connectivity index (χ2n) is 7.04. The number of rotatable bonds is 9. The minimum absolute atomic E-state index is 0.140. The number of esters is 1. The van der Waals surface area contributed by atoms with Crippen LogP contribution in [0.2, 0.25) is 0 Å². The van der Waals surface area contributed by atoms with Crippen LogP contribution in [0.4, 0.5) is 0 Å². The summed E-state index contributed by atoms with van der Waals surface area (Å²) >= 11 is 0. The van der Waals surface area contributed by atoms with Crippen molar-refractivity contribution in [2.24, 2.45) is 0 Å². The predicted molar refractivity (Wildman–Crippen MR) is 109 cm³/mol. The highest BCUT2D eigenvalue weighted by Crippen LogP contribution is 2.17. The molecular weight excluding hydrogens is 370 g/mol. The van der Waals surface area contributed by atoms with E-state index in [0.29, 0.717) is 24.5 Å². The molecule has 2 aromatic carbocycles. The van der Waals surface area contributed by atoms with E-state index >= 15 is 0 Å². The molecule has 0 saturated carbocycles. The predicted octanol–water partition coefficient (Wildman–Crippen LogP) is 3.15. The van der Waals surface area contributed by atoms with E-state index in [0.717, 1.165) is 31.4 Å². The molecule has 1 amide bonds. The van der Waals surface area contributed by atoms with Crippen molar-refractivity contribution in [3.63, 3.8) is 0 Å². The highest BCUT2D eigenvalue weighted by molar-refractivity contribution is 5.92. The number of benzene rings is 2. The summed E-state index contributed by atoms with van der Waals surface area (Å²) in [4.78, 5) is 24.4. The van der Waals surface area contributed by atoms with Crippen LogP contribution < -0.4 is 10.1 Å². The maximum Gasteiger partial charge on any atom is 0.338 e. The zero-order chi connectivity index (χ0) is 20.5. The first-order valence-corrected chi connectivity index (χ1v) is 9.99. The van der Waals surface area contributed by atoms with Crippen LogP contribution in [-0.4, -0.2) is 43.8 Å². The average molecular weight is 397 g/mol. The Balaban J connectivity index is 1.40. The highest BCUT2D eigenvalue weighted by Gasteiger charge is 2.19. The van der Waals surface area contributed by atoms with Gasteiger partial charge in [0, 0.05) is 13.2 Å². The van der Waals surface area contributed by atoms with Gasteiger partial charge in [0.15, 0.2) is 6.10 Å². The molecule has 1 saturated heterocycles. The van der Waals surface area contributed by atoms with E-state index in [-0.39, 0.29) is 12.0 Å². The van der Waals surface area contributed by atoms with E-state index < -0.39 is 12.1 Å². The number of amides is 1. The number of carbonyl (C=O) groups is 2. The first kappa shape index (κ1) is 20.9. The Morgan fingerprint density at radius 2 is 1.90 bits per heavy atom. The van der Waals surface area contributed by atoms with Crippen LogP contribution in [0.25, 0.3) is 0 Å². The van der Waals surface area contributed by atoms with Crippen molar-refractivity contribution in [2.45, 2.75) is 38.4 Å². The minimum atomic E-state index is -0.867. The first-order valence-electron chi connectivity index (χ1n) is 9.99. The second-order valence-corrected chi connectivity index (χ2v) is 7.04. The number of ether oxygens (including phenoxy) is 3. The molecule has 6 nitrogen and oxygen atoms in total. The van der Waals surface area contributed by atoms with Crippen LogP contribution >= 0.6 is 0 Å². The molecule has 6 heteroatoms. The van der Waals surface area contributed by atoms with E-state index in [9.17, 15) is 9.59 Å². The summed E-state index contributed by atoms with van der Waals surface area (Å²) in [7, 11) is 0. The lowest BCUT2D eigenvalue weighted by molar-refractivity contribution is -0.129. The second kappa shape index (κ2) is 10.6. The van der Waals surface area contributed by atoms with Crippen molar-refractivity contribution in [3.8, 4) is 5.75 Å².